The average molecular weight is 409 g/mol. The summed E-state index contributed by atoms with van der Waals surface area (Å²) in [4.78, 5) is 20.3. The van der Waals surface area contributed by atoms with Crippen LogP contribution in [-0.4, -0.2) is 61.5 Å². The zero-order valence-electron chi connectivity index (χ0n) is 16.6. The van der Waals surface area contributed by atoms with E-state index in [0.717, 1.165) is 12.8 Å². The van der Waals surface area contributed by atoms with Crippen molar-refractivity contribution in [2.45, 2.75) is 57.7 Å². The fourth-order valence-corrected chi connectivity index (χ4v) is 3.26. The van der Waals surface area contributed by atoms with Crippen LogP contribution in [0.2, 0.25) is 0 Å². The molecule has 0 unspecified atom stereocenters. The monoisotopic (exact) mass is 409 g/mol. The number of nitrogens with zero attached hydrogens (tertiary/aromatic N) is 5. The molecule has 1 fully saturated rings. The highest BCUT2D eigenvalue weighted by Crippen LogP contribution is 2.29. The van der Waals surface area contributed by atoms with Gasteiger partial charge < -0.3 is 14.7 Å². The molecule has 8 nitrogen and oxygen atoms in total. The highest BCUT2D eigenvalue weighted by Gasteiger charge is 2.33. The maximum atomic E-state index is 13.1. The van der Waals surface area contributed by atoms with Crippen molar-refractivity contribution in [3.63, 3.8) is 0 Å². The predicted molar refractivity (Wildman–Crippen MR) is 99.8 cm³/mol. The summed E-state index contributed by atoms with van der Waals surface area (Å²) in [5.74, 6) is -0.442. The number of alkyl halides is 2. The van der Waals surface area contributed by atoms with Crippen molar-refractivity contribution in [2.24, 2.45) is 0 Å². The Kier molecular flexibility index (Phi) is 6.11. The molecule has 0 aliphatic carbocycles. The van der Waals surface area contributed by atoms with Crippen molar-refractivity contribution in [3.8, 4) is 5.88 Å². The van der Waals surface area contributed by atoms with Crippen LogP contribution in [0.1, 0.15) is 55.7 Å². The van der Waals surface area contributed by atoms with Crippen molar-refractivity contribution in [1.82, 2.24) is 24.9 Å². The van der Waals surface area contributed by atoms with E-state index in [4.69, 9.17) is 4.74 Å². The molecule has 2 aromatic rings. The molecule has 1 aliphatic rings. The lowest BCUT2D eigenvalue weighted by molar-refractivity contribution is 0.0515. The molecule has 10 heteroatoms. The second kappa shape index (κ2) is 8.40. The first-order valence-electron chi connectivity index (χ1n) is 9.48. The van der Waals surface area contributed by atoms with Gasteiger partial charge in [-0.15, -0.1) is 0 Å². The first-order chi connectivity index (χ1) is 13.7. The lowest BCUT2D eigenvalue weighted by Gasteiger charge is -2.37. The summed E-state index contributed by atoms with van der Waals surface area (Å²) in [6.45, 7) is 4.71. The number of aromatic nitrogens is 4. The molecule has 0 bridgehead atoms. The smallest absolute Gasteiger partial charge is 0.272 e. The fraction of sp³-hybridized carbons (Fsp3) is 0.579. The number of likely N-dealkylation sites (tertiary alicyclic amines) is 1. The molecular weight excluding hydrogens is 384 g/mol. The van der Waals surface area contributed by atoms with Crippen LogP contribution in [0, 0.1) is 0 Å². The topological polar surface area (TPSA) is 93.4 Å². The molecule has 1 aliphatic heterocycles. The van der Waals surface area contributed by atoms with Gasteiger partial charge in [0.25, 0.3) is 12.3 Å². The number of hydrogen-bond donors (Lipinski definition) is 1. The first-order valence-corrected chi connectivity index (χ1v) is 9.48. The number of rotatable bonds is 6. The molecule has 3 rings (SSSR count). The summed E-state index contributed by atoms with van der Waals surface area (Å²) in [7, 11) is 0. The number of amides is 1. The van der Waals surface area contributed by atoms with Crippen LogP contribution >= 0.6 is 0 Å². The standard InChI is InChI=1S/C19H25F2N5O3/c1-12-6-7-13(26-23-9-15(24-26)19(2,3)28)10-25(12)18(27)14-5-4-8-22-17(14)29-11-16(20)21/h4-5,8-9,12-13,16,28H,6-7,10-11H2,1-3H3/t12-,13-/m1/s1. The fourth-order valence-electron chi connectivity index (χ4n) is 3.26. The van der Waals surface area contributed by atoms with Crippen molar-refractivity contribution in [3.05, 3.63) is 35.8 Å². The number of ether oxygens (including phenoxy) is 1. The van der Waals surface area contributed by atoms with E-state index in [-0.39, 0.29) is 29.4 Å². The summed E-state index contributed by atoms with van der Waals surface area (Å²) in [6, 6.07) is 2.88. The summed E-state index contributed by atoms with van der Waals surface area (Å²) < 4.78 is 30.1. The Bertz CT molecular complexity index is 852. The van der Waals surface area contributed by atoms with Crippen molar-refractivity contribution < 1.29 is 23.4 Å². The van der Waals surface area contributed by atoms with Crippen LogP contribution in [0.4, 0.5) is 8.78 Å². The third kappa shape index (κ3) is 4.87. The minimum atomic E-state index is -2.66. The quantitative estimate of drug-likeness (QED) is 0.788. The molecule has 2 atom stereocenters. The van der Waals surface area contributed by atoms with Crippen LogP contribution in [-0.2, 0) is 5.60 Å². The van der Waals surface area contributed by atoms with Crippen molar-refractivity contribution in [1.29, 1.82) is 0 Å². The number of carbonyl (C=O) groups is 1. The van der Waals surface area contributed by atoms with Crippen LogP contribution in [0.15, 0.2) is 24.5 Å². The van der Waals surface area contributed by atoms with E-state index in [2.05, 4.69) is 15.2 Å². The SMILES string of the molecule is C[C@@H]1CC[C@@H](n2ncc(C(C)(C)O)n2)CN1C(=O)c1cccnc1OCC(F)F. The minimum absolute atomic E-state index is 0.0498. The Labute approximate surface area is 167 Å². The zero-order valence-corrected chi connectivity index (χ0v) is 16.6. The number of pyridine rings is 1. The molecule has 0 spiro atoms. The van der Waals surface area contributed by atoms with Gasteiger partial charge in [-0.25, -0.2) is 13.8 Å². The molecule has 1 amide bonds. The van der Waals surface area contributed by atoms with E-state index in [9.17, 15) is 18.7 Å². The molecule has 29 heavy (non-hydrogen) atoms. The van der Waals surface area contributed by atoms with Crippen molar-refractivity contribution in [2.75, 3.05) is 13.2 Å². The van der Waals surface area contributed by atoms with Crippen molar-refractivity contribution >= 4 is 5.91 Å². The number of piperidine rings is 1. The maximum Gasteiger partial charge on any atom is 0.272 e. The second-order valence-electron chi connectivity index (χ2n) is 7.71. The molecule has 3 heterocycles. The van der Waals surface area contributed by atoms with E-state index >= 15 is 0 Å². The highest BCUT2D eigenvalue weighted by atomic mass is 19.3. The van der Waals surface area contributed by atoms with Crippen LogP contribution in [0.25, 0.3) is 0 Å². The van der Waals surface area contributed by atoms with Gasteiger partial charge in [-0.05, 0) is 45.7 Å². The minimum Gasteiger partial charge on any atom is -0.471 e. The van der Waals surface area contributed by atoms with Gasteiger partial charge in [0, 0.05) is 18.8 Å². The van der Waals surface area contributed by atoms with Gasteiger partial charge in [0.1, 0.15) is 16.9 Å². The van der Waals surface area contributed by atoms with E-state index in [1.54, 1.807) is 24.8 Å². The Hall–Kier alpha value is -2.62. The summed E-state index contributed by atoms with van der Waals surface area (Å²) in [5.41, 5.74) is -0.516. The van der Waals surface area contributed by atoms with Crippen LogP contribution < -0.4 is 4.74 Å². The van der Waals surface area contributed by atoms with E-state index in [0.29, 0.717) is 12.2 Å². The molecule has 1 N–H and O–H groups in total. The van der Waals surface area contributed by atoms with Gasteiger partial charge in [0.15, 0.2) is 6.61 Å². The van der Waals surface area contributed by atoms with E-state index in [1.165, 1.54) is 23.3 Å². The molecular formula is C19H25F2N5O3. The Balaban J connectivity index is 1.79. The molecule has 0 radical (unpaired) electrons. The van der Waals surface area contributed by atoms with Gasteiger partial charge in [-0.3, -0.25) is 4.79 Å². The van der Waals surface area contributed by atoms with Gasteiger partial charge in [0.2, 0.25) is 5.88 Å². The largest absolute Gasteiger partial charge is 0.471 e. The number of hydrogen-bond acceptors (Lipinski definition) is 6. The van der Waals surface area contributed by atoms with Crippen LogP contribution in [0.3, 0.4) is 0 Å². The third-order valence-electron chi connectivity index (χ3n) is 4.93. The van der Waals surface area contributed by atoms with Gasteiger partial charge in [-0.1, -0.05) is 0 Å². The molecule has 0 saturated carbocycles. The van der Waals surface area contributed by atoms with Gasteiger partial charge in [-0.2, -0.15) is 15.0 Å². The Morgan fingerprint density at radius 2 is 2.17 bits per heavy atom. The normalized spacial score (nSPS) is 20.2. The van der Waals surface area contributed by atoms with E-state index < -0.39 is 18.6 Å². The molecule has 1 saturated heterocycles. The maximum absolute atomic E-state index is 13.1. The van der Waals surface area contributed by atoms with E-state index in [1.807, 2.05) is 6.92 Å². The van der Waals surface area contributed by atoms with Gasteiger partial charge in [0.05, 0.1) is 12.2 Å². The summed E-state index contributed by atoms with van der Waals surface area (Å²) in [5, 5.41) is 18.7. The second-order valence-corrected chi connectivity index (χ2v) is 7.71. The lowest BCUT2D eigenvalue weighted by Crippen LogP contribution is -2.46. The molecule has 158 valence electrons. The third-order valence-corrected chi connectivity index (χ3v) is 4.93. The molecule has 2 aromatic heterocycles. The first kappa shape index (κ1) is 21.1. The summed E-state index contributed by atoms with van der Waals surface area (Å²) >= 11 is 0. The number of aliphatic hydroxyl groups is 1. The Morgan fingerprint density at radius 3 is 2.83 bits per heavy atom. The summed E-state index contributed by atoms with van der Waals surface area (Å²) in [6.07, 6.45) is 1.75. The lowest BCUT2D eigenvalue weighted by atomic mass is 9.98. The number of halogens is 2. The van der Waals surface area contributed by atoms with Gasteiger partial charge >= 0.3 is 0 Å². The number of carbonyl (C=O) groups excluding carboxylic acids is 1. The predicted octanol–water partition coefficient (Wildman–Crippen LogP) is 2.41. The Morgan fingerprint density at radius 1 is 1.41 bits per heavy atom. The zero-order chi connectivity index (χ0) is 21.2. The average Bonchev–Trinajstić information content (AvgIpc) is 3.17. The van der Waals surface area contributed by atoms with Crippen LogP contribution in [0.5, 0.6) is 5.88 Å². The highest BCUT2D eigenvalue weighted by molar-refractivity contribution is 5.96. The molecule has 0 aromatic carbocycles.